The fraction of sp³-hybridized carbons (Fsp3) is 0.294. The van der Waals surface area contributed by atoms with Crippen LogP contribution in [0, 0.1) is 0 Å². The number of hydrogen-bond donors (Lipinski definition) is 1. The van der Waals surface area contributed by atoms with Crippen LogP contribution in [-0.4, -0.2) is 13.2 Å². The van der Waals surface area contributed by atoms with E-state index in [0.29, 0.717) is 13.2 Å². The largest absolute Gasteiger partial charge is 0.494 e. The molecule has 0 fully saturated rings. The minimum absolute atomic E-state index is 0.173. The first kappa shape index (κ1) is 15.9. The van der Waals surface area contributed by atoms with Crippen LogP contribution in [0.2, 0.25) is 0 Å². The van der Waals surface area contributed by atoms with Gasteiger partial charge in [-0.3, -0.25) is 0 Å². The molecule has 3 nitrogen and oxygen atoms in total. The van der Waals surface area contributed by atoms with Gasteiger partial charge in [-0.1, -0.05) is 18.2 Å². The zero-order valence-corrected chi connectivity index (χ0v) is 13.9. The highest BCUT2D eigenvalue weighted by Crippen LogP contribution is 2.30. The van der Waals surface area contributed by atoms with Gasteiger partial charge < -0.3 is 15.2 Å². The molecule has 2 aromatic rings. The highest BCUT2D eigenvalue weighted by Gasteiger charge is 2.11. The maximum Gasteiger partial charge on any atom is 0.133 e. The molecule has 2 aromatic carbocycles. The lowest BCUT2D eigenvalue weighted by atomic mass is 9.99. The van der Waals surface area contributed by atoms with E-state index in [4.69, 9.17) is 15.2 Å². The van der Waals surface area contributed by atoms with Gasteiger partial charge in [-0.05, 0) is 65.2 Å². The molecule has 0 aliphatic heterocycles. The van der Waals surface area contributed by atoms with Gasteiger partial charge in [0, 0.05) is 0 Å². The lowest BCUT2D eigenvalue weighted by Gasteiger charge is -2.15. The molecule has 0 saturated carbocycles. The van der Waals surface area contributed by atoms with Crippen molar-refractivity contribution < 1.29 is 9.47 Å². The predicted molar refractivity (Wildman–Crippen MR) is 89.0 cm³/mol. The number of ether oxygens (including phenoxy) is 2. The molecule has 0 radical (unpaired) electrons. The van der Waals surface area contributed by atoms with E-state index in [9.17, 15) is 0 Å². The van der Waals surface area contributed by atoms with Crippen molar-refractivity contribution in [1.29, 1.82) is 0 Å². The smallest absolute Gasteiger partial charge is 0.133 e. The van der Waals surface area contributed by atoms with Crippen molar-refractivity contribution >= 4 is 15.9 Å². The average Bonchev–Trinajstić information content (AvgIpc) is 2.50. The van der Waals surface area contributed by atoms with Gasteiger partial charge in [0.2, 0.25) is 0 Å². The first-order valence-electron chi connectivity index (χ1n) is 7.06. The normalized spacial score (nSPS) is 12.0. The number of halogens is 1. The lowest BCUT2D eigenvalue weighted by Crippen LogP contribution is -2.12. The zero-order chi connectivity index (χ0) is 15.2. The molecule has 1 atom stereocenters. The van der Waals surface area contributed by atoms with Crippen LogP contribution in [0.1, 0.15) is 31.0 Å². The molecule has 0 aliphatic carbocycles. The van der Waals surface area contributed by atoms with E-state index >= 15 is 0 Å². The van der Waals surface area contributed by atoms with Gasteiger partial charge in [0.25, 0.3) is 0 Å². The number of benzene rings is 2. The zero-order valence-electron chi connectivity index (χ0n) is 12.3. The SMILES string of the molecule is CCOc1ccc(C(N)c2ccc(OCC)c(Br)c2)cc1. The summed E-state index contributed by atoms with van der Waals surface area (Å²) in [6.45, 7) is 5.24. The lowest BCUT2D eigenvalue weighted by molar-refractivity contribution is 0.338. The molecule has 1 unspecified atom stereocenters. The monoisotopic (exact) mass is 349 g/mol. The van der Waals surface area contributed by atoms with Crippen molar-refractivity contribution in [2.45, 2.75) is 19.9 Å². The van der Waals surface area contributed by atoms with E-state index in [1.807, 2.05) is 56.3 Å². The topological polar surface area (TPSA) is 44.5 Å². The van der Waals surface area contributed by atoms with Crippen molar-refractivity contribution in [3.05, 3.63) is 58.1 Å². The number of rotatable bonds is 6. The Bertz CT molecular complexity index is 584. The first-order valence-corrected chi connectivity index (χ1v) is 7.85. The third kappa shape index (κ3) is 3.99. The Morgan fingerprint density at radius 2 is 1.57 bits per heavy atom. The average molecular weight is 350 g/mol. The fourth-order valence-electron chi connectivity index (χ4n) is 2.11. The summed E-state index contributed by atoms with van der Waals surface area (Å²) in [7, 11) is 0. The van der Waals surface area contributed by atoms with Gasteiger partial charge in [0.05, 0.1) is 23.7 Å². The summed E-state index contributed by atoms with van der Waals surface area (Å²) in [5.74, 6) is 1.70. The molecule has 0 bridgehead atoms. The van der Waals surface area contributed by atoms with Crippen LogP contribution in [0.5, 0.6) is 11.5 Å². The Kier molecular flexibility index (Phi) is 5.65. The standard InChI is InChI=1S/C17H20BrNO2/c1-3-20-14-8-5-12(6-9-14)17(19)13-7-10-16(21-4-2)15(18)11-13/h5-11,17H,3-4,19H2,1-2H3. The molecule has 2 N–H and O–H groups in total. The Labute approximate surface area is 134 Å². The number of hydrogen-bond acceptors (Lipinski definition) is 3. The second-order valence-corrected chi connectivity index (χ2v) is 5.46. The van der Waals surface area contributed by atoms with Crippen LogP contribution in [0.3, 0.4) is 0 Å². The summed E-state index contributed by atoms with van der Waals surface area (Å²) in [5, 5.41) is 0. The quantitative estimate of drug-likeness (QED) is 0.845. The molecular formula is C17H20BrNO2. The third-order valence-electron chi connectivity index (χ3n) is 3.17. The maximum atomic E-state index is 6.33. The summed E-state index contributed by atoms with van der Waals surface area (Å²) in [6, 6.07) is 13.7. The molecule has 0 aromatic heterocycles. The van der Waals surface area contributed by atoms with Crippen LogP contribution in [0.4, 0.5) is 0 Å². The van der Waals surface area contributed by atoms with E-state index < -0.39 is 0 Å². The minimum atomic E-state index is -0.173. The molecular weight excluding hydrogens is 330 g/mol. The van der Waals surface area contributed by atoms with Gasteiger partial charge in [0.1, 0.15) is 11.5 Å². The summed E-state index contributed by atoms with van der Waals surface area (Å²) < 4.78 is 11.9. The highest BCUT2D eigenvalue weighted by molar-refractivity contribution is 9.10. The molecule has 21 heavy (non-hydrogen) atoms. The van der Waals surface area contributed by atoms with Gasteiger partial charge >= 0.3 is 0 Å². The van der Waals surface area contributed by atoms with Gasteiger partial charge in [-0.15, -0.1) is 0 Å². The minimum Gasteiger partial charge on any atom is -0.494 e. The van der Waals surface area contributed by atoms with Crippen LogP contribution in [-0.2, 0) is 0 Å². The summed E-state index contributed by atoms with van der Waals surface area (Å²) in [4.78, 5) is 0. The van der Waals surface area contributed by atoms with Gasteiger partial charge in [0.15, 0.2) is 0 Å². The molecule has 2 rings (SSSR count). The molecule has 0 amide bonds. The molecule has 112 valence electrons. The second kappa shape index (κ2) is 7.48. The van der Waals surface area contributed by atoms with Crippen molar-refractivity contribution in [1.82, 2.24) is 0 Å². The predicted octanol–water partition coefficient (Wildman–Crippen LogP) is 4.29. The molecule has 0 saturated heterocycles. The van der Waals surface area contributed by atoms with E-state index in [2.05, 4.69) is 15.9 Å². The molecule has 4 heteroatoms. The van der Waals surface area contributed by atoms with Crippen molar-refractivity contribution in [2.75, 3.05) is 13.2 Å². The summed E-state index contributed by atoms with van der Waals surface area (Å²) in [6.07, 6.45) is 0. The third-order valence-corrected chi connectivity index (χ3v) is 3.78. The van der Waals surface area contributed by atoms with Gasteiger partial charge in [-0.25, -0.2) is 0 Å². The van der Waals surface area contributed by atoms with E-state index in [1.165, 1.54) is 0 Å². The van der Waals surface area contributed by atoms with E-state index in [1.54, 1.807) is 0 Å². The Morgan fingerprint density at radius 1 is 0.952 bits per heavy atom. The van der Waals surface area contributed by atoms with Crippen LogP contribution in [0.15, 0.2) is 46.9 Å². The second-order valence-electron chi connectivity index (χ2n) is 4.60. The highest BCUT2D eigenvalue weighted by atomic mass is 79.9. The van der Waals surface area contributed by atoms with E-state index in [0.717, 1.165) is 27.1 Å². The first-order chi connectivity index (χ1) is 10.2. The Hall–Kier alpha value is -1.52. The molecule has 0 aliphatic rings. The maximum absolute atomic E-state index is 6.33. The van der Waals surface area contributed by atoms with E-state index in [-0.39, 0.29) is 6.04 Å². The van der Waals surface area contributed by atoms with Gasteiger partial charge in [-0.2, -0.15) is 0 Å². The summed E-state index contributed by atoms with van der Waals surface area (Å²) >= 11 is 3.52. The molecule has 0 heterocycles. The molecule has 0 spiro atoms. The van der Waals surface area contributed by atoms with Crippen LogP contribution < -0.4 is 15.2 Å². The van der Waals surface area contributed by atoms with Crippen molar-refractivity contribution in [3.8, 4) is 11.5 Å². The van der Waals surface area contributed by atoms with Crippen molar-refractivity contribution in [3.63, 3.8) is 0 Å². The summed E-state index contributed by atoms with van der Waals surface area (Å²) in [5.41, 5.74) is 8.42. The van der Waals surface area contributed by atoms with Crippen molar-refractivity contribution in [2.24, 2.45) is 5.73 Å². The fourth-order valence-corrected chi connectivity index (χ4v) is 2.62. The Morgan fingerprint density at radius 3 is 2.14 bits per heavy atom. The number of nitrogens with two attached hydrogens (primary N) is 1. The Balaban J connectivity index is 2.19. The van der Waals surface area contributed by atoms with Crippen LogP contribution in [0.25, 0.3) is 0 Å². The van der Waals surface area contributed by atoms with Crippen LogP contribution >= 0.6 is 15.9 Å².